The van der Waals surface area contributed by atoms with Crippen molar-refractivity contribution in [3.63, 3.8) is 0 Å². The van der Waals surface area contributed by atoms with Crippen molar-refractivity contribution in [3.05, 3.63) is 41.7 Å². The molecular weight excluding hydrogens is 300 g/mol. The molecular formula is C15H18N4O4. The molecule has 1 amide bonds. The summed E-state index contributed by atoms with van der Waals surface area (Å²) in [6.07, 6.45) is 1.48. The Balaban J connectivity index is 2.17. The second-order valence-corrected chi connectivity index (χ2v) is 5.00. The van der Waals surface area contributed by atoms with Crippen LogP contribution in [-0.2, 0) is 9.53 Å². The molecule has 1 heterocycles. The fourth-order valence-electron chi connectivity index (χ4n) is 1.96. The van der Waals surface area contributed by atoms with Crippen LogP contribution in [0.15, 0.2) is 30.5 Å². The van der Waals surface area contributed by atoms with Gasteiger partial charge in [0.05, 0.1) is 18.5 Å². The molecule has 0 spiro atoms. The van der Waals surface area contributed by atoms with Gasteiger partial charge in [-0.05, 0) is 19.1 Å². The quantitative estimate of drug-likeness (QED) is 0.809. The van der Waals surface area contributed by atoms with E-state index in [0.29, 0.717) is 0 Å². The molecule has 122 valence electrons. The van der Waals surface area contributed by atoms with Crippen molar-refractivity contribution in [1.29, 1.82) is 0 Å². The monoisotopic (exact) mass is 318 g/mol. The van der Waals surface area contributed by atoms with Crippen LogP contribution in [0.1, 0.15) is 16.1 Å². The number of carboxylic acids is 1. The lowest BCUT2D eigenvalue weighted by molar-refractivity contribution is -0.137. The van der Waals surface area contributed by atoms with Crippen LogP contribution in [0.4, 0.5) is 0 Å². The predicted octanol–water partition coefficient (Wildman–Crippen LogP) is 0.749. The number of ether oxygens (including phenoxy) is 1. The van der Waals surface area contributed by atoms with Gasteiger partial charge in [-0.25, -0.2) is 4.68 Å². The third kappa shape index (κ3) is 4.36. The maximum atomic E-state index is 12.4. The lowest BCUT2D eigenvalue weighted by Crippen LogP contribution is -2.38. The van der Waals surface area contributed by atoms with E-state index < -0.39 is 18.4 Å². The summed E-state index contributed by atoms with van der Waals surface area (Å²) in [5, 5.41) is 16.7. The van der Waals surface area contributed by atoms with Crippen LogP contribution in [0.5, 0.6) is 0 Å². The van der Waals surface area contributed by atoms with Gasteiger partial charge in [-0.2, -0.15) is 0 Å². The van der Waals surface area contributed by atoms with E-state index in [0.717, 1.165) is 16.2 Å². The number of amides is 1. The standard InChI is InChI=1S/C15H18N4O4/c1-11-3-5-12(6-4-11)19-9-13(16-17-19)15(22)18(7-8-23-2)10-14(20)21/h3-6,9H,7-8,10H2,1-2H3,(H,20,21). The Morgan fingerprint density at radius 1 is 1.30 bits per heavy atom. The zero-order chi connectivity index (χ0) is 16.8. The van der Waals surface area contributed by atoms with E-state index in [-0.39, 0.29) is 18.8 Å². The Morgan fingerprint density at radius 2 is 2.00 bits per heavy atom. The molecule has 8 nitrogen and oxygen atoms in total. The molecule has 2 rings (SSSR count). The first-order chi connectivity index (χ1) is 11.0. The van der Waals surface area contributed by atoms with E-state index in [1.54, 1.807) is 0 Å². The lowest BCUT2D eigenvalue weighted by atomic mass is 10.2. The normalized spacial score (nSPS) is 10.5. The van der Waals surface area contributed by atoms with E-state index in [1.807, 2.05) is 31.2 Å². The molecule has 1 aromatic heterocycles. The maximum Gasteiger partial charge on any atom is 0.323 e. The number of aromatic nitrogens is 3. The number of carbonyl (C=O) groups is 2. The Labute approximate surface area is 133 Å². The van der Waals surface area contributed by atoms with E-state index in [2.05, 4.69) is 10.3 Å². The number of rotatable bonds is 7. The second-order valence-electron chi connectivity index (χ2n) is 5.00. The van der Waals surface area contributed by atoms with Crippen LogP contribution in [0.25, 0.3) is 5.69 Å². The molecule has 0 fully saturated rings. The number of aryl methyl sites for hydroxylation is 1. The third-order valence-corrected chi connectivity index (χ3v) is 3.19. The van der Waals surface area contributed by atoms with E-state index in [9.17, 15) is 9.59 Å². The summed E-state index contributed by atoms with van der Waals surface area (Å²) in [4.78, 5) is 24.4. The number of aliphatic carboxylic acids is 1. The summed E-state index contributed by atoms with van der Waals surface area (Å²) in [5.74, 6) is -1.59. The maximum absolute atomic E-state index is 12.4. The molecule has 0 saturated carbocycles. The molecule has 0 aliphatic heterocycles. The molecule has 0 saturated heterocycles. The molecule has 8 heteroatoms. The third-order valence-electron chi connectivity index (χ3n) is 3.19. The minimum atomic E-state index is -1.10. The van der Waals surface area contributed by atoms with E-state index >= 15 is 0 Å². The first kappa shape index (κ1) is 16.6. The fraction of sp³-hybridized carbons (Fsp3) is 0.333. The number of nitrogens with zero attached hydrogens (tertiary/aromatic N) is 4. The first-order valence-corrected chi connectivity index (χ1v) is 7.00. The molecule has 1 N–H and O–H groups in total. The molecule has 0 aliphatic rings. The van der Waals surface area contributed by atoms with Crippen LogP contribution in [0.3, 0.4) is 0 Å². The van der Waals surface area contributed by atoms with Crippen molar-refractivity contribution >= 4 is 11.9 Å². The number of carboxylic acid groups (broad SMARTS) is 1. The molecule has 0 bridgehead atoms. The van der Waals surface area contributed by atoms with Crippen LogP contribution < -0.4 is 0 Å². The van der Waals surface area contributed by atoms with E-state index in [4.69, 9.17) is 9.84 Å². The summed E-state index contributed by atoms with van der Waals surface area (Å²) in [5.41, 5.74) is 1.96. The first-order valence-electron chi connectivity index (χ1n) is 7.00. The van der Waals surface area contributed by atoms with Crippen molar-refractivity contribution < 1.29 is 19.4 Å². The number of benzene rings is 1. The highest BCUT2D eigenvalue weighted by molar-refractivity contribution is 5.93. The minimum absolute atomic E-state index is 0.0860. The fourth-order valence-corrected chi connectivity index (χ4v) is 1.96. The summed E-state index contributed by atoms with van der Waals surface area (Å²) in [7, 11) is 1.48. The van der Waals surface area contributed by atoms with Crippen LogP contribution in [-0.4, -0.2) is 63.7 Å². The molecule has 2 aromatic rings. The highest BCUT2D eigenvalue weighted by atomic mass is 16.5. The summed E-state index contributed by atoms with van der Waals surface area (Å²) in [6.45, 7) is 1.96. The Morgan fingerprint density at radius 3 is 2.61 bits per heavy atom. The zero-order valence-corrected chi connectivity index (χ0v) is 13.0. The SMILES string of the molecule is COCCN(CC(=O)O)C(=O)c1cn(-c2ccc(C)cc2)nn1. The molecule has 23 heavy (non-hydrogen) atoms. The van der Waals surface area contributed by atoms with Gasteiger partial charge in [-0.15, -0.1) is 5.10 Å². The van der Waals surface area contributed by atoms with Crippen LogP contribution in [0, 0.1) is 6.92 Å². The van der Waals surface area contributed by atoms with Crippen molar-refractivity contribution in [3.8, 4) is 5.69 Å². The number of methoxy groups -OCH3 is 1. The van der Waals surface area contributed by atoms with Gasteiger partial charge in [0.1, 0.15) is 6.54 Å². The molecule has 0 radical (unpaired) electrons. The summed E-state index contributed by atoms with van der Waals surface area (Å²) < 4.78 is 6.37. The van der Waals surface area contributed by atoms with Gasteiger partial charge < -0.3 is 14.7 Å². The number of hydrogen-bond acceptors (Lipinski definition) is 5. The van der Waals surface area contributed by atoms with Crippen LogP contribution >= 0.6 is 0 Å². The summed E-state index contributed by atoms with van der Waals surface area (Å²) in [6, 6.07) is 7.57. The zero-order valence-electron chi connectivity index (χ0n) is 13.0. The van der Waals surface area contributed by atoms with Crippen molar-refractivity contribution in [2.75, 3.05) is 26.8 Å². The smallest absolute Gasteiger partial charge is 0.323 e. The van der Waals surface area contributed by atoms with Crippen molar-refractivity contribution in [2.45, 2.75) is 6.92 Å². The van der Waals surface area contributed by atoms with Crippen molar-refractivity contribution in [2.24, 2.45) is 0 Å². The molecule has 0 atom stereocenters. The molecule has 0 unspecified atom stereocenters. The molecule has 1 aromatic carbocycles. The largest absolute Gasteiger partial charge is 0.480 e. The summed E-state index contributed by atoms with van der Waals surface area (Å²) >= 11 is 0. The van der Waals surface area contributed by atoms with Gasteiger partial charge in [0, 0.05) is 13.7 Å². The Hall–Kier alpha value is -2.74. The predicted molar refractivity (Wildman–Crippen MR) is 81.5 cm³/mol. The van der Waals surface area contributed by atoms with Gasteiger partial charge in [-0.3, -0.25) is 9.59 Å². The highest BCUT2D eigenvalue weighted by Gasteiger charge is 2.21. The van der Waals surface area contributed by atoms with Crippen LogP contribution in [0.2, 0.25) is 0 Å². The van der Waals surface area contributed by atoms with Gasteiger partial charge in [0.15, 0.2) is 5.69 Å². The molecule has 0 aliphatic carbocycles. The van der Waals surface area contributed by atoms with Gasteiger partial charge in [0.2, 0.25) is 0 Å². The van der Waals surface area contributed by atoms with Crippen molar-refractivity contribution in [1.82, 2.24) is 19.9 Å². The topological polar surface area (TPSA) is 97.6 Å². The van der Waals surface area contributed by atoms with E-state index in [1.165, 1.54) is 18.0 Å². The lowest BCUT2D eigenvalue weighted by Gasteiger charge is -2.18. The number of carbonyl (C=O) groups excluding carboxylic acids is 1. The Kier molecular flexibility index (Phi) is 5.42. The van der Waals surface area contributed by atoms with Gasteiger partial charge in [0.25, 0.3) is 5.91 Å². The minimum Gasteiger partial charge on any atom is -0.480 e. The Bertz CT molecular complexity index is 681. The van der Waals surface area contributed by atoms with Gasteiger partial charge >= 0.3 is 5.97 Å². The van der Waals surface area contributed by atoms with Gasteiger partial charge in [-0.1, -0.05) is 22.9 Å². The average Bonchev–Trinajstić information content (AvgIpc) is 3.01. The number of hydrogen-bond donors (Lipinski definition) is 1. The highest BCUT2D eigenvalue weighted by Crippen LogP contribution is 2.09. The second kappa shape index (κ2) is 7.50. The average molecular weight is 318 g/mol.